The van der Waals surface area contributed by atoms with Crippen molar-refractivity contribution in [2.24, 2.45) is 11.8 Å². The molecule has 1 saturated carbocycles. The van der Waals surface area contributed by atoms with Crippen LogP contribution in [0, 0.1) is 11.8 Å². The Balaban J connectivity index is 1.79. The Hall–Kier alpha value is -1.19. The van der Waals surface area contributed by atoms with E-state index in [1.54, 1.807) is 0 Å². The summed E-state index contributed by atoms with van der Waals surface area (Å²) in [5.41, 5.74) is 0. The molecule has 7 nitrogen and oxygen atoms in total. The predicted molar refractivity (Wildman–Crippen MR) is 98.1 cm³/mol. The molecule has 2 bridgehead atoms. The highest BCUT2D eigenvalue weighted by molar-refractivity contribution is 14.1. The number of likely N-dealkylation sites (tertiary alicyclic amines) is 1. The first kappa shape index (κ1) is 17.6. The van der Waals surface area contributed by atoms with Crippen LogP contribution >= 0.6 is 22.6 Å². The van der Waals surface area contributed by atoms with E-state index in [0.717, 1.165) is 23.0 Å². The van der Waals surface area contributed by atoms with Crippen molar-refractivity contribution in [3.8, 4) is 0 Å². The minimum atomic E-state index is -0.562. The van der Waals surface area contributed by atoms with E-state index in [1.807, 2.05) is 24.9 Å². The van der Waals surface area contributed by atoms with Crippen LogP contribution in [0.25, 0.3) is 0 Å². The maximum Gasteiger partial charge on any atom is 0.407 e. The summed E-state index contributed by atoms with van der Waals surface area (Å²) >= 11 is 2.24. The lowest BCUT2D eigenvalue weighted by molar-refractivity contribution is -0.139. The Bertz CT molecular complexity index is 553. The van der Waals surface area contributed by atoms with E-state index in [0.29, 0.717) is 5.92 Å². The summed E-state index contributed by atoms with van der Waals surface area (Å²) in [4.78, 5) is 26.9. The van der Waals surface area contributed by atoms with E-state index < -0.39 is 12.1 Å². The first-order valence-corrected chi connectivity index (χ1v) is 9.55. The highest BCUT2D eigenvalue weighted by atomic mass is 127. The molecule has 5 atom stereocenters. The van der Waals surface area contributed by atoms with Crippen LogP contribution in [0.2, 0.25) is 0 Å². The largest absolute Gasteiger partial charge is 0.453 e. The van der Waals surface area contributed by atoms with Crippen LogP contribution in [-0.2, 0) is 9.53 Å². The van der Waals surface area contributed by atoms with Crippen molar-refractivity contribution in [2.75, 3.05) is 7.11 Å². The average Bonchev–Trinajstić information content (AvgIpc) is 3.26. The third-order valence-corrected chi connectivity index (χ3v) is 5.94. The lowest BCUT2D eigenvalue weighted by Gasteiger charge is -2.41. The first-order chi connectivity index (χ1) is 11.4. The standard InChI is InChI=1S/C16H25IN4O3/c1-8(2)12(20-16(23)24-3)15(22)21-10-5-4-9(6-10)13(21)14-18-7-11(17)19-14/h7-10,12-14,18-19H,4-6H2,1-3H3,(H,20,23)/t9?,10?,12-,13-,14?/m0/s1. The second-order valence-corrected chi connectivity index (χ2v) is 8.26. The topological polar surface area (TPSA) is 82.7 Å². The molecule has 2 amide bonds. The van der Waals surface area contributed by atoms with Gasteiger partial charge in [0.05, 0.1) is 16.9 Å². The zero-order valence-corrected chi connectivity index (χ0v) is 16.4. The molecule has 2 fully saturated rings. The number of piperidine rings is 1. The van der Waals surface area contributed by atoms with Gasteiger partial charge in [-0.05, 0) is 53.7 Å². The molecule has 1 aliphatic carbocycles. The van der Waals surface area contributed by atoms with Crippen molar-refractivity contribution < 1.29 is 14.3 Å². The number of hydrogen-bond donors (Lipinski definition) is 3. The van der Waals surface area contributed by atoms with E-state index in [4.69, 9.17) is 4.74 Å². The molecule has 2 heterocycles. The van der Waals surface area contributed by atoms with Gasteiger partial charge in [-0.1, -0.05) is 13.8 Å². The minimum absolute atomic E-state index is 0.000802. The van der Waals surface area contributed by atoms with Gasteiger partial charge < -0.3 is 25.6 Å². The van der Waals surface area contributed by atoms with Gasteiger partial charge in [-0.25, -0.2) is 4.79 Å². The fraction of sp³-hybridized carbons (Fsp3) is 0.750. The molecular weight excluding hydrogens is 423 g/mol. The zero-order chi connectivity index (χ0) is 17.4. The number of nitrogens with one attached hydrogen (secondary N) is 3. The minimum Gasteiger partial charge on any atom is -0.453 e. The van der Waals surface area contributed by atoms with Crippen LogP contribution in [0.3, 0.4) is 0 Å². The molecule has 0 radical (unpaired) electrons. The first-order valence-electron chi connectivity index (χ1n) is 8.47. The molecule has 1 saturated heterocycles. The van der Waals surface area contributed by atoms with Crippen LogP contribution in [0.1, 0.15) is 33.1 Å². The van der Waals surface area contributed by atoms with E-state index in [1.165, 1.54) is 7.11 Å². The maximum absolute atomic E-state index is 13.3. The molecule has 24 heavy (non-hydrogen) atoms. The monoisotopic (exact) mass is 448 g/mol. The number of halogens is 1. The molecule has 3 N–H and O–H groups in total. The quantitative estimate of drug-likeness (QED) is 0.449. The smallest absolute Gasteiger partial charge is 0.407 e. The summed E-state index contributed by atoms with van der Waals surface area (Å²) < 4.78 is 5.75. The SMILES string of the molecule is COC(=O)N[C@H](C(=O)N1C2CCC(C2)[C@H]1C1NC=C(I)N1)C(C)C. The highest BCUT2D eigenvalue weighted by Crippen LogP contribution is 2.44. The summed E-state index contributed by atoms with van der Waals surface area (Å²) in [6.07, 6.45) is 4.69. The summed E-state index contributed by atoms with van der Waals surface area (Å²) in [6.45, 7) is 3.89. The molecule has 134 valence electrons. The van der Waals surface area contributed by atoms with Gasteiger partial charge in [-0.3, -0.25) is 4.79 Å². The Morgan fingerprint density at radius 2 is 2.17 bits per heavy atom. The molecule has 0 aromatic rings. The third-order valence-electron chi connectivity index (χ3n) is 5.31. The lowest BCUT2D eigenvalue weighted by atomic mass is 9.94. The third kappa shape index (κ3) is 3.16. The summed E-state index contributed by atoms with van der Waals surface area (Å²) in [5.74, 6) is 0.503. The number of nitrogens with zero attached hydrogens (tertiary/aromatic N) is 1. The number of amides is 2. The Morgan fingerprint density at radius 3 is 2.75 bits per heavy atom. The van der Waals surface area contributed by atoms with Crippen molar-refractivity contribution >= 4 is 34.6 Å². The Morgan fingerprint density at radius 1 is 1.42 bits per heavy atom. The molecule has 0 aromatic carbocycles. The van der Waals surface area contributed by atoms with Gasteiger partial charge in [0.1, 0.15) is 12.2 Å². The van der Waals surface area contributed by atoms with E-state index in [-0.39, 0.29) is 30.1 Å². The number of methoxy groups -OCH3 is 1. The molecular formula is C16H25IN4O3. The van der Waals surface area contributed by atoms with E-state index in [9.17, 15) is 9.59 Å². The van der Waals surface area contributed by atoms with Crippen LogP contribution in [-0.4, -0.2) is 48.3 Å². The number of hydrogen-bond acceptors (Lipinski definition) is 5. The van der Waals surface area contributed by atoms with E-state index in [2.05, 4.69) is 38.5 Å². The fourth-order valence-corrected chi connectivity index (χ4v) is 4.74. The number of carbonyl (C=O) groups is 2. The van der Waals surface area contributed by atoms with Crippen molar-refractivity contribution in [1.29, 1.82) is 0 Å². The van der Waals surface area contributed by atoms with Gasteiger partial charge >= 0.3 is 6.09 Å². The van der Waals surface area contributed by atoms with Crippen molar-refractivity contribution in [3.63, 3.8) is 0 Å². The zero-order valence-electron chi connectivity index (χ0n) is 14.2. The van der Waals surface area contributed by atoms with E-state index >= 15 is 0 Å². The maximum atomic E-state index is 13.3. The summed E-state index contributed by atoms with van der Waals surface area (Å²) in [6, 6.07) is -0.178. The highest BCUT2D eigenvalue weighted by Gasteiger charge is 2.53. The Labute approximate surface area is 156 Å². The summed E-state index contributed by atoms with van der Waals surface area (Å²) in [7, 11) is 1.32. The number of carbonyl (C=O) groups excluding carboxylic acids is 2. The van der Waals surface area contributed by atoms with Gasteiger partial charge in [0.2, 0.25) is 5.91 Å². The van der Waals surface area contributed by atoms with Crippen molar-refractivity contribution in [2.45, 2.75) is 57.4 Å². The van der Waals surface area contributed by atoms with Gasteiger partial charge in [-0.2, -0.15) is 0 Å². The average molecular weight is 448 g/mol. The number of ether oxygens (including phenoxy) is 1. The molecule has 3 unspecified atom stereocenters. The molecule has 0 aromatic heterocycles. The van der Waals surface area contributed by atoms with Crippen LogP contribution in [0.5, 0.6) is 0 Å². The second kappa shape index (κ2) is 6.97. The summed E-state index contributed by atoms with van der Waals surface area (Å²) in [5, 5.41) is 9.48. The number of alkyl carbamates (subject to hydrolysis) is 1. The number of rotatable bonds is 4. The van der Waals surface area contributed by atoms with Gasteiger partial charge in [0.15, 0.2) is 0 Å². The van der Waals surface area contributed by atoms with Gasteiger partial charge in [0, 0.05) is 12.2 Å². The second-order valence-electron chi connectivity index (χ2n) is 7.10. The normalized spacial score (nSPS) is 32.2. The van der Waals surface area contributed by atoms with Gasteiger partial charge in [-0.15, -0.1) is 0 Å². The van der Waals surface area contributed by atoms with Crippen LogP contribution in [0.4, 0.5) is 4.79 Å². The molecule has 8 heteroatoms. The fourth-order valence-electron chi connectivity index (χ4n) is 4.22. The predicted octanol–water partition coefficient (Wildman–Crippen LogP) is 1.50. The van der Waals surface area contributed by atoms with Crippen molar-refractivity contribution in [3.05, 3.63) is 9.90 Å². The van der Waals surface area contributed by atoms with Crippen molar-refractivity contribution in [1.82, 2.24) is 20.9 Å². The molecule has 3 aliphatic rings. The number of fused-ring (bicyclic) bond motifs is 2. The van der Waals surface area contributed by atoms with Crippen LogP contribution in [0.15, 0.2) is 9.90 Å². The molecule has 0 spiro atoms. The molecule has 2 aliphatic heterocycles. The lowest BCUT2D eigenvalue weighted by Crippen LogP contribution is -2.61. The Kier molecular flexibility index (Phi) is 5.12. The molecule has 3 rings (SSSR count). The van der Waals surface area contributed by atoms with Crippen LogP contribution < -0.4 is 16.0 Å². The van der Waals surface area contributed by atoms with Gasteiger partial charge in [0.25, 0.3) is 0 Å².